The van der Waals surface area contributed by atoms with Crippen LogP contribution in [0.2, 0.25) is 0 Å². The van der Waals surface area contributed by atoms with Crippen LogP contribution in [0.15, 0.2) is 48.8 Å². The second-order valence-electron chi connectivity index (χ2n) is 8.63. The summed E-state index contributed by atoms with van der Waals surface area (Å²) in [6.45, 7) is 0.440. The lowest BCUT2D eigenvalue weighted by molar-refractivity contribution is -0.116. The van der Waals surface area contributed by atoms with Gasteiger partial charge in [-0.25, -0.2) is 4.98 Å². The van der Waals surface area contributed by atoms with E-state index < -0.39 is 6.17 Å². The van der Waals surface area contributed by atoms with Crippen molar-refractivity contribution in [2.45, 2.75) is 31.8 Å². The molecule has 2 aliphatic rings. The molecule has 2 aromatic carbocycles. The predicted octanol–water partition coefficient (Wildman–Crippen LogP) is 3.74. The van der Waals surface area contributed by atoms with Crippen LogP contribution in [0.25, 0.3) is 0 Å². The molecule has 10 nitrogen and oxygen atoms in total. The number of nitrogens with one attached hydrogen (secondary N) is 2. The average molecular weight is 490 g/mol. The number of H-pyrrole nitrogens is 1. The zero-order chi connectivity index (χ0) is 25.2. The standard InChI is InChI=1S/C26H27N5O5/c1-35-19-12-11-17-21(22(19)36-2)25(34)31-18-9-6-5-8-16(18)24(33)30(23(17)31)15-7-3-4-10-20(32)29-26-27-13-14-28-26/h5-6,8-9,11-14,23H,3-4,7,10,15H2,1-2H3,(H2,27,28,29,32)/t23-/m1/s1. The number of nitrogens with zero attached hydrogens (tertiary/aromatic N) is 3. The fourth-order valence-corrected chi connectivity index (χ4v) is 4.92. The summed E-state index contributed by atoms with van der Waals surface area (Å²) in [5.41, 5.74) is 2.18. The number of aromatic nitrogens is 2. The van der Waals surface area contributed by atoms with Crippen LogP contribution in [0.5, 0.6) is 11.5 Å². The highest BCUT2D eigenvalue weighted by Gasteiger charge is 2.49. The monoisotopic (exact) mass is 489 g/mol. The quantitative estimate of drug-likeness (QED) is 0.442. The van der Waals surface area contributed by atoms with Crippen molar-refractivity contribution in [3.05, 3.63) is 65.5 Å². The first-order valence-electron chi connectivity index (χ1n) is 11.8. The molecule has 0 spiro atoms. The molecule has 5 rings (SSSR count). The number of benzene rings is 2. The number of hydrogen-bond acceptors (Lipinski definition) is 6. The van der Waals surface area contributed by atoms with Gasteiger partial charge in [-0.15, -0.1) is 0 Å². The summed E-state index contributed by atoms with van der Waals surface area (Å²) in [5, 5.41) is 2.71. The van der Waals surface area contributed by atoms with E-state index in [2.05, 4.69) is 15.3 Å². The van der Waals surface area contributed by atoms with Crippen LogP contribution >= 0.6 is 0 Å². The molecule has 36 heavy (non-hydrogen) atoms. The maximum absolute atomic E-state index is 13.7. The number of carbonyl (C=O) groups is 3. The van der Waals surface area contributed by atoms with Crippen LogP contribution in [0.1, 0.15) is 58.1 Å². The van der Waals surface area contributed by atoms with E-state index in [4.69, 9.17) is 9.47 Å². The minimum atomic E-state index is -0.572. The minimum absolute atomic E-state index is 0.115. The van der Waals surface area contributed by atoms with E-state index in [1.54, 1.807) is 46.5 Å². The van der Waals surface area contributed by atoms with Gasteiger partial charge in [0.2, 0.25) is 11.9 Å². The van der Waals surface area contributed by atoms with Crippen molar-refractivity contribution in [3.63, 3.8) is 0 Å². The zero-order valence-electron chi connectivity index (χ0n) is 20.1. The molecule has 0 unspecified atom stereocenters. The number of methoxy groups -OCH3 is 2. The van der Waals surface area contributed by atoms with Crippen molar-refractivity contribution in [3.8, 4) is 11.5 Å². The lowest BCUT2D eigenvalue weighted by Crippen LogP contribution is -2.48. The number of hydrogen-bond donors (Lipinski definition) is 2. The van der Waals surface area contributed by atoms with Gasteiger partial charge in [0.05, 0.1) is 31.0 Å². The largest absolute Gasteiger partial charge is 0.493 e. The van der Waals surface area contributed by atoms with Crippen molar-refractivity contribution in [1.82, 2.24) is 14.9 Å². The molecule has 0 saturated carbocycles. The van der Waals surface area contributed by atoms with Gasteiger partial charge >= 0.3 is 0 Å². The average Bonchev–Trinajstić information content (AvgIpc) is 3.51. The highest BCUT2D eigenvalue weighted by atomic mass is 16.5. The van der Waals surface area contributed by atoms with E-state index in [0.29, 0.717) is 65.6 Å². The molecule has 3 heterocycles. The number of anilines is 2. The molecule has 0 aliphatic carbocycles. The van der Waals surface area contributed by atoms with Crippen molar-refractivity contribution < 1.29 is 23.9 Å². The minimum Gasteiger partial charge on any atom is -0.493 e. The van der Waals surface area contributed by atoms with Crippen molar-refractivity contribution in [2.75, 3.05) is 31.0 Å². The molecule has 2 aliphatic heterocycles. The SMILES string of the molecule is COc1ccc2c(c1OC)C(=O)N1c3ccccc3C(=O)N(CCCCCC(=O)Nc3ncc[nH]3)[C@@H]21. The third-order valence-corrected chi connectivity index (χ3v) is 6.54. The van der Waals surface area contributed by atoms with Gasteiger partial charge in [-0.2, -0.15) is 0 Å². The molecule has 0 saturated heterocycles. The van der Waals surface area contributed by atoms with Crippen molar-refractivity contribution in [2.24, 2.45) is 0 Å². The van der Waals surface area contributed by atoms with E-state index >= 15 is 0 Å². The molecule has 186 valence electrons. The molecule has 10 heteroatoms. The Kier molecular flexibility index (Phi) is 6.32. The summed E-state index contributed by atoms with van der Waals surface area (Å²) in [6.07, 6.45) is 5.09. The maximum atomic E-state index is 13.7. The number of ether oxygens (including phenoxy) is 2. The summed E-state index contributed by atoms with van der Waals surface area (Å²) in [4.78, 5) is 49.6. The molecule has 2 N–H and O–H groups in total. The first kappa shape index (κ1) is 23.4. The number of para-hydroxylation sites is 1. The fourth-order valence-electron chi connectivity index (χ4n) is 4.92. The molecule has 3 amide bonds. The normalized spacial score (nSPS) is 15.9. The number of imidazole rings is 1. The third kappa shape index (κ3) is 3.94. The third-order valence-electron chi connectivity index (χ3n) is 6.54. The first-order chi connectivity index (χ1) is 17.5. The van der Waals surface area contributed by atoms with Crippen LogP contribution in [0.4, 0.5) is 11.6 Å². The molecule has 0 fully saturated rings. The Balaban J connectivity index is 1.35. The predicted molar refractivity (Wildman–Crippen MR) is 132 cm³/mol. The highest BCUT2D eigenvalue weighted by Crippen LogP contribution is 2.49. The lowest BCUT2D eigenvalue weighted by Gasteiger charge is -2.41. The lowest BCUT2D eigenvalue weighted by atomic mass is 10.0. The Labute approximate surface area is 208 Å². The van der Waals surface area contributed by atoms with E-state index in [1.807, 2.05) is 12.1 Å². The Morgan fingerprint density at radius 2 is 1.89 bits per heavy atom. The molecule has 3 aromatic rings. The van der Waals surface area contributed by atoms with Gasteiger partial charge in [0, 0.05) is 30.9 Å². The Morgan fingerprint density at radius 3 is 2.64 bits per heavy atom. The topological polar surface area (TPSA) is 117 Å². The van der Waals surface area contributed by atoms with Crippen molar-refractivity contribution in [1.29, 1.82) is 0 Å². The molecule has 0 bridgehead atoms. The first-order valence-corrected chi connectivity index (χ1v) is 11.8. The van der Waals surface area contributed by atoms with Gasteiger partial charge in [0.25, 0.3) is 11.8 Å². The summed E-state index contributed by atoms with van der Waals surface area (Å²) < 4.78 is 11.0. The molecular weight excluding hydrogens is 462 g/mol. The molecule has 0 radical (unpaired) electrons. The Hall–Kier alpha value is -4.34. The molecular formula is C26H27N5O5. The second kappa shape index (κ2) is 9.73. The van der Waals surface area contributed by atoms with E-state index in [1.165, 1.54) is 14.2 Å². The smallest absolute Gasteiger partial charge is 0.264 e. The summed E-state index contributed by atoms with van der Waals surface area (Å²) >= 11 is 0. The van der Waals surface area contributed by atoms with Crippen LogP contribution in [-0.4, -0.2) is 53.4 Å². The number of aromatic amines is 1. The number of unbranched alkanes of at least 4 members (excludes halogenated alkanes) is 2. The summed E-state index contributed by atoms with van der Waals surface area (Å²) in [5.74, 6) is 0.776. The number of rotatable bonds is 9. The zero-order valence-corrected chi connectivity index (χ0v) is 20.1. The number of amides is 3. The van der Waals surface area contributed by atoms with Crippen LogP contribution < -0.4 is 19.7 Å². The maximum Gasteiger partial charge on any atom is 0.264 e. The van der Waals surface area contributed by atoms with Gasteiger partial charge < -0.3 is 19.4 Å². The highest BCUT2D eigenvalue weighted by molar-refractivity contribution is 6.18. The fraction of sp³-hybridized carbons (Fsp3) is 0.308. The van der Waals surface area contributed by atoms with Crippen molar-refractivity contribution >= 4 is 29.4 Å². The van der Waals surface area contributed by atoms with Gasteiger partial charge in [-0.05, 0) is 31.0 Å². The number of fused-ring (bicyclic) bond motifs is 5. The summed E-state index contributed by atoms with van der Waals surface area (Å²) in [6, 6.07) is 10.7. The van der Waals surface area contributed by atoms with Gasteiger partial charge in [0.1, 0.15) is 6.17 Å². The second-order valence-corrected chi connectivity index (χ2v) is 8.63. The molecule has 1 atom stereocenters. The Bertz CT molecular complexity index is 1310. The van der Waals surface area contributed by atoms with Gasteiger partial charge in [-0.3, -0.25) is 24.6 Å². The van der Waals surface area contributed by atoms with Gasteiger partial charge in [0.15, 0.2) is 11.5 Å². The van der Waals surface area contributed by atoms with E-state index in [9.17, 15) is 14.4 Å². The Morgan fingerprint density at radius 1 is 1.06 bits per heavy atom. The van der Waals surface area contributed by atoms with Crippen LogP contribution in [0, 0.1) is 0 Å². The van der Waals surface area contributed by atoms with Crippen LogP contribution in [-0.2, 0) is 4.79 Å². The van der Waals surface area contributed by atoms with E-state index in [0.717, 1.165) is 6.42 Å². The summed E-state index contributed by atoms with van der Waals surface area (Å²) in [7, 11) is 3.03. The molecule has 1 aromatic heterocycles. The van der Waals surface area contributed by atoms with Gasteiger partial charge in [-0.1, -0.05) is 24.6 Å². The van der Waals surface area contributed by atoms with E-state index in [-0.39, 0.29) is 17.7 Å². The van der Waals surface area contributed by atoms with Crippen LogP contribution in [0.3, 0.4) is 0 Å². The number of carbonyl (C=O) groups excluding carboxylic acids is 3.